The lowest BCUT2D eigenvalue weighted by Crippen LogP contribution is -2.37. The number of nitrogens with zero attached hydrogens (tertiary/aromatic N) is 2. The third-order valence-corrected chi connectivity index (χ3v) is 2.97. The van der Waals surface area contributed by atoms with Crippen LogP contribution in [0.15, 0.2) is 24.4 Å². The van der Waals surface area contributed by atoms with Crippen LogP contribution in [0.4, 0.5) is 8.78 Å². The number of fused-ring (bicyclic) bond motifs is 1. The van der Waals surface area contributed by atoms with Crippen molar-refractivity contribution < 1.29 is 18.3 Å². The molecule has 2 aliphatic heterocycles. The highest BCUT2D eigenvalue weighted by Gasteiger charge is 2.19. The van der Waals surface area contributed by atoms with Crippen LogP contribution in [0.5, 0.6) is 0 Å². The van der Waals surface area contributed by atoms with Gasteiger partial charge in [0.15, 0.2) is 0 Å². The average molecular weight is 297 g/mol. The first kappa shape index (κ1) is 15.4. The first-order valence-electron chi connectivity index (χ1n) is 6.53. The van der Waals surface area contributed by atoms with Gasteiger partial charge in [-0.25, -0.2) is 13.8 Å². The summed E-state index contributed by atoms with van der Waals surface area (Å²) in [5.74, 6) is 0.154. The van der Waals surface area contributed by atoms with Gasteiger partial charge in [-0.15, -0.1) is 0 Å². The minimum Gasteiger partial charge on any atom is -0.383 e. The van der Waals surface area contributed by atoms with Crippen molar-refractivity contribution >= 4 is 5.91 Å². The molecule has 0 fully saturated rings. The molecule has 7 heteroatoms. The Bertz CT molecular complexity index is 586. The lowest BCUT2D eigenvalue weighted by molar-refractivity contribution is -0.122. The van der Waals surface area contributed by atoms with Crippen LogP contribution >= 0.6 is 0 Å². The molecular weight excluding hydrogens is 280 g/mol. The number of nitrogens with one attached hydrogen (secondary N) is 1. The van der Waals surface area contributed by atoms with Crippen LogP contribution in [0.1, 0.15) is 19.0 Å². The minimum absolute atomic E-state index is 0.0189. The summed E-state index contributed by atoms with van der Waals surface area (Å²) >= 11 is 0. The predicted octanol–water partition coefficient (Wildman–Crippen LogP) is 2.08. The molecule has 0 aromatic rings. The number of rotatable bonds is 6. The summed E-state index contributed by atoms with van der Waals surface area (Å²) in [4.78, 5) is 15.8. The van der Waals surface area contributed by atoms with Gasteiger partial charge in [0.2, 0.25) is 5.91 Å². The van der Waals surface area contributed by atoms with Crippen LogP contribution in [0.2, 0.25) is 0 Å². The lowest BCUT2D eigenvalue weighted by Gasteiger charge is -2.15. The summed E-state index contributed by atoms with van der Waals surface area (Å²) in [5.41, 5.74) is 0.309. The van der Waals surface area contributed by atoms with Crippen LogP contribution in [0.25, 0.3) is 11.4 Å². The van der Waals surface area contributed by atoms with Crippen LogP contribution < -0.4 is 5.32 Å². The number of methoxy groups -OCH3 is 1. The van der Waals surface area contributed by atoms with Crippen molar-refractivity contribution in [3.05, 3.63) is 30.1 Å². The summed E-state index contributed by atoms with van der Waals surface area (Å²) in [6, 6.07) is 4.61. The molecule has 0 saturated heterocycles. The number of pyridine rings is 1. The van der Waals surface area contributed by atoms with E-state index in [2.05, 4.69) is 10.3 Å². The standard InChI is InChI=1S/C14H17F2N3O2/c1-9(8-21-2)17-12(20)7-19-5-3-4-10-6-11(13(15)16)18-14(10)19/h3-6,9,13H,7-8H2,1-2H3,(H,17,20)/t9-/m1/s1. The first-order valence-corrected chi connectivity index (χ1v) is 6.53. The fourth-order valence-electron chi connectivity index (χ4n) is 2.12. The molecule has 2 heterocycles. The van der Waals surface area contributed by atoms with Gasteiger partial charge in [-0.2, -0.15) is 0 Å². The Morgan fingerprint density at radius 2 is 2.29 bits per heavy atom. The molecule has 1 atom stereocenters. The molecule has 114 valence electrons. The van der Waals surface area contributed by atoms with Gasteiger partial charge in [-0.3, -0.25) is 4.79 Å². The van der Waals surface area contributed by atoms with E-state index in [0.717, 1.165) is 0 Å². The molecule has 0 aliphatic carbocycles. The second-order valence-electron chi connectivity index (χ2n) is 4.82. The molecule has 2 aliphatic rings. The molecular formula is C14H17F2N3O2. The van der Waals surface area contributed by atoms with Crippen molar-refractivity contribution in [3.63, 3.8) is 0 Å². The Labute approximate surface area is 121 Å². The number of amides is 1. The summed E-state index contributed by atoms with van der Waals surface area (Å²) in [6.45, 7) is 2.25. The number of carbonyl (C=O) groups excluding carboxylic acids is 1. The maximum Gasteiger partial charge on any atom is 0.280 e. The van der Waals surface area contributed by atoms with Crippen molar-refractivity contribution in [2.24, 2.45) is 0 Å². The molecule has 0 aromatic carbocycles. The maximum atomic E-state index is 12.7. The van der Waals surface area contributed by atoms with Crippen LogP contribution in [0.3, 0.4) is 0 Å². The van der Waals surface area contributed by atoms with Crippen molar-refractivity contribution in [3.8, 4) is 11.4 Å². The van der Waals surface area contributed by atoms with Crippen molar-refractivity contribution in [1.82, 2.24) is 14.9 Å². The van der Waals surface area contributed by atoms with E-state index in [1.165, 1.54) is 6.07 Å². The Morgan fingerprint density at radius 1 is 1.52 bits per heavy atom. The van der Waals surface area contributed by atoms with Crippen molar-refractivity contribution in [2.75, 3.05) is 13.7 Å². The maximum absolute atomic E-state index is 12.7. The zero-order valence-electron chi connectivity index (χ0n) is 11.8. The second kappa shape index (κ2) is 6.62. The molecule has 5 nitrogen and oxygen atoms in total. The normalized spacial score (nSPS) is 12.8. The number of hydrogen-bond donors (Lipinski definition) is 1. The van der Waals surface area contributed by atoms with E-state index in [9.17, 15) is 13.6 Å². The highest BCUT2D eigenvalue weighted by atomic mass is 19.3. The Balaban J connectivity index is 2.13. The molecule has 0 radical (unpaired) electrons. The third kappa shape index (κ3) is 3.75. The number of carbonyl (C=O) groups is 1. The van der Waals surface area contributed by atoms with E-state index in [1.54, 1.807) is 30.0 Å². The molecule has 0 bridgehead atoms. The quantitative estimate of drug-likeness (QED) is 0.888. The van der Waals surface area contributed by atoms with E-state index in [0.29, 0.717) is 18.0 Å². The van der Waals surface area contributed by atoms with E-state index < -0.39 is 6.43 Å². The van der Waals surface area contributed by atoms with Gasteiger partial charge in [0.05, 0.1) is 6.61 Å². The topological polar surface area (TPSA) is 56.1 Å². The molecule has 1 N–H and O–H groups in total. The highest BCUT2D eigenvalue weighted by molar-refractivity contribution is 5.77. The number of aromatic nitrogens is 2. The van der Waals surface area contributed by atoms with Gasteiger partial charge >= 0.3 is 0 Å². The molecule has 2 rings (SSSR count). The largest absolute Gasteiger partial charge is 0.383 e. The van der Waals surface area contributed by atoms with Crippen molar-refractivity contribution in [2.45, 2.75) is 25.9 Å². The third-order valence-electron chi connectivity index (χ3n) is 2.97. The number of halogens is 2. The van der Waals surface area contributed by atoms with Crippen LogP contribution in [-0.2, 0) is 16.1 Å². The predicted molar refractivity (Wildman–Crippen MR) is 73.3 cm³/mol. The monoisotopic (exact) mass is 297 g/mol. The first-order chi connectivity index (χ1) is 10.0. The molecule has 0 saturated carbocycles. The van der Waals surface area contributed by atoms with Gasteiger partial charge in [-0.1, -0.05) is 0 Å². The zero-order chi connectivity index (χ0) is 15.4. The van der Waals surface area contributed by atoms with Gasteiger partial charge in [0, 0.05) is 24.9 Å². The molecule has 0 spiro atoms. The summed E-state index contributed by atoms with van der Waals surface area (Å²) < 4.78 is 31.9. The van der Waals surface area contributed by atoms with Gasteiger partial charge in [-0.05, 0) is 25.1 Å². The summed E-state index contributed by atoms with van der Waals surface area (Å²) in [6.07, 6.45) is -0.980. The number of alkyl halides is 2. The van der Waals surface area contributed by atoms with E-state index in [1.807, 2.05) is 6.92 Å². The van der Waals surface area contributed by atoms with E-state index >= 15 is 0 Å². The van der Waals surface area contributed by atoms with E-state index in [4.69, 9.17) is 4.74 Å². The highest BCUT2D eigenvalue weighted by Crippen LogP contribution is 2.27. The Morgan fingerprint density at radius 3 is 2.95 bits per heavy atom. The molecule has 0 aromatic heterocycles. The minimum atomic E-state index is -2.62. The smallest absolute Gasteiger partial charge is 0.280 e. The van der Waals surface area contributed by atoms with Gasteiger partial charge in [0.1, 0.15) is 18.1 Å². The summed E-state index contributed by atoms with van der Waals surface area (Å²) in [5, 5.41) is 2.76. The zero-order valence-corrected chi connectivity index (χ0v) is 11.8. The second-order valence-corrected chi connectivity index (χ2v) is 4.82. The molecule has 1 amide bonds. The number of ether oxygens (including phenoxy) is 1. The summed E-state index contributed by atoms with van der Waals surface area (Å²) in [7, 11) is 1.55. The fourth-order valence-corrected chi connectivity index (χ4v) is 2.12. The molecule has 21 heavy (non-hydrogen) atoms. The van der Waals surface area contributed by atoms with Crippen LogP contribution in [0, 0.1) is 0 Å². The Hall–Kier alpha value is -2.02. The SMILES string of the molecule is COC[C@@H](C)NC(=O)Cn1cccc2cc(C(F)F)nc1-2. The van der Waals surface area contributed by atoms with E-state index in [-0.39, 0.29) is 24.2 Å². The Kier molecular flexibility index (Phi) is 4.85. The molecule has 0 unspecified atom stereocenters. The number of hydrogen-bond acceptors (Lipinski definition) is 3. The average Bonchev–Trinajstić information content (AvgIpc) is 2.84. The lowest BCUT2D eigenvalue weighted by atomic mass is 10.2. The van der Waals surface area contributed by atoms with Crippen LogP contribution in [-0.4, -0.2) is 35.2 Å². The van der Waals surface area contributed by atoms with Gasteiger partial charge in [0.25, 0.3) is 6.43 Å². The van der Waals surface area contributed by atoms with Crippen molar-refractivity contribution in [1.29, 1.82) is 0 Å². The fraction of sp³-hybridized carbons (Fsp3) is 0.429. The van der Waals surface area contributed by atoms with Gasteiger partial charge < -0.3 is 14.6 Å².